The lowest BCUT2D eigenvalue weighted by atomic mass is 10.2. The van der Waals surface area contributed by atoms with Gasteiger partial charge in [0.1, 0.15) is 5.75 Å². The lowest BCUT2D eigenvalue weighted by molar-refractivity contribution is -0.111. The highest BCUT2D eigenvalue weighted by atomic mass is 32.1. The number of fused-ring (bicyclic) bond motifs is 1. The lowest BCUT2D eigenvalue weighted by Gasteiger charge is -2.07. The molecule has 0 radical (unpaired) electrons. The van der Waals surface area contributed by atoms with Crippen LogP contribution in [0.1, 0.15) is 29.8 Å². The van der Waals surface area contributed by atoms with Gasteiger partial charge >= 0.3 is 5.97 Å². The Bertz CT molecular complexity index is 1020. The lowest BCUT2D eigenvalue weighted by Crippen LogP contribution is -2.11. The number of rotatable bonds is 6. The summed E-state index contributed by atoms with van der Waals surface area (Å²) in [6.07, 6.45) is 2.97. The highest BCUT2D eigenvalue weighted by Gasteiger charge is 2.12. The molecular weight excluding hydrogens is 376 g/mol. The van der Waals surface area contributed by atoms with Crippen LogP contribution in [-0.4, -0.2) is 30.1 Å². The van der Waals surface area contributed by atoms with Gasteiger partial charge in [0, 0.05) is 6.08 Å². The molecule has 0 aliphatic heterocycles. The zero-order valence-corrected chi connectivity index (χ0v) is 16.6. The Morgan fingerprint density at radius 3 is 2.57 bits per heavy atom. The number of aromatic nitrogens is 1. The molecule has 0 unspecified atom stereocenters. The fraction of sp³-hybridized carbons (Fsp3) is 0.190. The van der Waals surface area contributed by atoms with Crippen LogP contribution in [0, 0.1) is 0 Å². The molecule has 2 aromatic carbocycles. The van der Waals surface area contributed by atoms with Crippen molar-refractivity contribution in [3.05, 3.63) is 59.7 Å². The van der Waals surface area contributed by atoms with Gasteiger partial charge < -0.3 is 9.47 Å². The topological polar surface area (TPSA) is 77.5 Å². The first-order valence-corrected chi connectivity index (χ1v) is 9.51. The van der Waals surface area contributed by atoms with Crippen LogP contribution in [0.4, 0.5) is 5.13 Å². The summed E-state index contributed by atoms with van der Waals surface area (Å²) >= 11 is 1.30. The molecule has 0 saturated heterocycles. The third-order valence-corrected chi connectivity index (χ3v) is 4.67. The van der Waals surface area contributed by atoms with Crippen LogP contribution in [0.25, 0.3) is 16.3 Å². The number of thiazole rings is 1. The summed E-state index contributed by atoms with van der Waals surface area (Å²) in [5, 5.41) is 3.21. The maximum atomic E-state index is 12.2. The van der Waals surface area contributed by atoms with E-state index < -0.39 is 0 Å². The Kier molecular flexibility index (Phi) is 6.06. The summed E-state index contributed by atoms with van der Waals surface area (Å²) in [6.45, 7) is 3.60. The number of hydrogen-bond acceptors (Lipinski definition) is 6. The van der Waals surface area contributed by atoms with Crippen molar-refractivity contribution in [3.63, 3.8) is 0 Å². The molecule has 0 spiro atoms. The van der Waals surface area contributed by atoms with E-state index in [9.17, 15) is 9.59 Å². The molecule has 6 nitrogen and oxygen atoms in total. The summed E-state index contributed by atoms with van der Waals surface area (Å²) in [7, 11) is 1.60. The van der Waals surface area contributed by atoms with Gasteiger partial charge in [-0.15, -0.1) is 0 Å². The number of benzene rings is 2. The molecule has 0 aliphatic rings. The van der Waals surface area contributed by atoms with Gasteiger partial charge in [0.15, 0.2) is 5.13 Å². The minimum atomic E-state index is -0.377. The van der Waals surface area contributed by atoms with Crippen LogP contribution in [0.15, 0.2) is 48.5 Å². The number of methoxy groups -OCH3 is 1. The first kappa shape index (κ1) is 19.6. The average molecular weight is 396 g/mol. The van der Waals surface area contributed by atoms with Crippen LogP contribution >= 0.6 is 11.3 Å². The van der Waals surface area contributed by atoms with Gasteiger partial charge in [0.2, 0.25) is 5.91 Å². The van der Waals surface area contributed by atoms with E-state index in [-0.39, 0.29) is 18.0 Å². The highest BCUT2D eigenvalue weighted by molar-refractivity contribution is 7.22. The number of hydrogen-bond donors (Lipinski definition) is 1. The Hall–Kier alpha value is -3.19. The second kappa shape index (κ2) is 8.67. The van der Waals surface area contributed by atoms with Crippen molar-refractivity contribution < 1.29 is 19.1 Å². The van der Waals surface area contributed by atoms with Crippen molar-refractivity contribution in [1.82, 2.24) is 4.98 Å². The predicted octanol–water partition coefficient (Wildman–Crippen LogP) is 4.52. The number of nitrogens with one attached hydrogen (secondary N) is 1. The first-order valence-electron chi connectivity index (χ1n) is 8.69. The van der Waals surface area contributed by atoms with Crippen LogP contribution in [0.3, 0.4) is 0 Å². The molecule has 28 heavy (non-hydrogen) atoms. The molecule has 0 bridgehead atoms. The maximum Gasteiger partial charge on any atom is 0.338 e. The van der Waals surface area contributed by atoms with Gasteiger partial charge in [-0.05, 0) is 55.8 Å². The van der Waals surface area contributed by atoms with Crippen molar-refractivity contribution in [2.75, 3.05) is 12.4 Å². The van der Waals surface area contributed by atoms with Crippen molar-refractivity contribution in [2.45, 2.75) is 20.0 Å². The molecule has 0 saturated carbocycles. The van der Waals surface area contributed by atoms with Crippen molar-refractivity contribution in [3.8, 4) is 5.75 Å². The minimum Gasteiger partial charge on any atom is -0.497 e. The number of carbonyl (C=O) groups is 2. The number of carbonyl (C=O) groups excluding carboxylic acids is 2. The normalized spacial score (nSPS) is 11.1. The Labute approximate surface area is 166 Å². The SMILES string of the molecule is COc1ccc(/C=C/C(=O)Nc2nc3ccc(C(=O)OC(C)C)cc3s2)cc1. The summed E-state index contributed by atoms with van der Waals surface area (Å²) in [5.74, 6) is 0.0975. The molecule has 7 heteroatoms. The molecule has 0 atom stereocenters. The monoisotopic (exact) mass is 396 g/mol. The molecule has 1 N–H and O–H groups in total. The van der Waals surface area contributed by atoms with Crippen LogP contribution in [0.2, 0.25) is 0 Å². The molecule has 1 heterocycles. The maximum absolute atomic E-state index is 12.2. The van der Waals surface area contributed by atoms with E-state index >= 15 is 0 Å². The fourth-order valence-corrected chi connectivity index (χ4v) is 3.33. The first-order chi connectivity index (χ1) is 13.4. The summed E-state index contributed by atoms with van der Waals surface area (Å²) < 4.78 is 11.1. The van der Waals surface area contributed by atoms with Gasteiger partial charge in [0.05, 0.1) is 29.0 Å². The number of esters is 1. The van der Waals surface area contributed by atoms with Gasteiger partial charge in [-0.2, -0.15) is 0 Å². The summed E-state index contributed by atoms with van der Waals surface area (Å²) in [4.78, 5) is 28.5. The van der Waals surface area contributed by atoms with Crippen molar-refractivity contribution in [2.24, 2.45) is 0 Å². The zero-order valence-electron chi connectivity index (χ0n) is 15.8. The van der Waals surface area contributed by atoms with E-state index in [1.807, 2.05) is 24.3 Å². The average Bonchev–Trinajstić information content (AvgIpc) is 3.07. The Balaban J connectivity index is 1.68. The third-order valence-electron chi connectivity index (χ3n) is 3.74. The minimum absolute atomic E-state index is 0.183. The van der Waals surface area contributed by atoms with Crippen molar-refractivity contribution in [1.29, 1.82) is 0 Å². The van der Waals surface area contributed by atoms with Crippen LogP contribution < -0.4 is 10.1 Å². The van der Waals surface area contributed by atoms with Gasteiger partial charge in [-0.3, -0.25) is 10.1 Å². The standard InChI is InChI=1S/C21H20N2O4S/c1-13(2)27-20(25)15-7-10-17-18(12-15)28-21(22-17)23-19(24)11-6-14-4-8-16(26-3)9-5-14/h4-13H,1-3H3,(H,22,23,24)/b11-6+. The Morgan fingerprint density at radius 2 is 1.89 bits per heavy atom. The number of ether oxygens (including phenoxy) is 2. The van der Waals surface area contributed by atoms with E-state index in [4.69, 9.17) is 9.47 Å². The molecule has 1 amide bonds. The highest BCUT2D eigenvalue weighted by Crippen LogP contribution is 2.27. The Morgan fingerprint density at radius 1 is 1.14 bits per heavy atom. The largest absolute Gasteiger partial charge is 0.497 e. The van der Waals surface area contributed by atoms with Crippen LogP contribution in [-0.2, 0) is 9.53 Å². The molecule has 0 aliphatic carbocycles. The number of amides is 1. The predicted molar refractivity (Wildman–Crippen MR) is 111 cm³/mol. The fourth-order valence-electron chi connectivity index (χ4n) is 2.42. The van der Waals surface area contributed by atoms with Gasteiger partial charge in [0.25, 0.3) is 0 Å². The quantitative estimate of drug-likeness (QED) is 0.490. The summed E-state index contributed by atoms with van der Waals surface area (Å²) in [5.41, 5.74) is 2.05. The second-order valence-electron chi connectivity index (χ2n) is 6.25. The van der Waals surface area contributed by atoms with E-state index in [0.717, 1.165) is 16.0 Å². The second-order valence-corrected chi connectivity index (χ2v) is 7.28. The molecule has 0 fully saturated rings. The molecule has 3 aromatic rings. The van der Waals surface area contributed by atoms with Gasteiger partial charge in [-0.25, -0.2) is 9.78 Å². The van der Waals surface area contributed by atoms with Gasteiger partial charge in [-0.1, -0.05) is 23.5 Å². The number of nitrogens with zero attached hydrogens (tertiary/aromatic N) is 1. The third kappa shape index (κ3) is 4.95. The molecule has 1 aromatic heterocycles. The van der Waals surface area contributed by atoms with E-state index in [1.165, 1.54) is 17.4 Å². The van der Waals surface area contributed by atoms with E-state index in [1.54, 1.807) is 45.2 Å². The van der Waals surface area contributed by atoms with E-state index in [2.05, 4.69) is 10.3 Å². The van der Waals surface area contributed by atoms with Crippen LogP contribution in [0.5, 0.6) is 5.75 Å². The number of anilines is 1. The smallest absolute Gasteiger partial charge is 0.338 e. The molecular formula is C21H20N2O4S. The molecule has 144 valence electrons. The van der Waals surface area contributed by atoms with Crippen molar-refractivity contribution >= 4 is 44.6 Å². The van der Waals surface area contributed by atoms with E-state index in [0.29, 0.717) is 16.2 Å². The molecule has 3 rings (SSSR count). The zero-order chi connectivity index (χ0) is 20.1. The summed E-state index contributed by atoms with van der Waals surface area (Å²) in [6, 6.07) is 12.5.